The van der Waals surface area contributed by atoms with Gasteiger partial charge < -0.3 is 30.1 Å². The lowest BCUT2D eigenvalue weighted by atomic mass is 9.99. The van der Waals surface area contributed by atoms with Crippen molar-refractivity contribution in [2.45, 2.75) is 76.2 Å². The molecule has 0 amide bonds. The first-order valence-electron chi connectivity index (χ1n) is 8.05. The van der Waals surface area contributed by atoms with Crippen LogP contribution in [0, 0.1) is 0 Å². The Labute approximate surface area is 127 Å². The molecule has 0 aromatic carbocycles. The molecular weight excluding hydrogens is 274 g/mol. The lowest BCUT2D eigenvalue weighted by Gasteiger charge is -2.39. The van der Waals surface area contributed by atoms with Crippen LogP contribution in [0.4, 0.5) is 0 Å². The molecule has 0 radical (unpaired) electrons. The Kier molecular flexibility index (Phi) is 9.39. The van der Waals surface area contributed by atoms with E-state index in [1.54, 1.807) is 0 Å². The Morgan fingerprint density at radius 3 is 2.29 bits per heavy atom. The van der Waals surface area contributed by atoms with Gasteiger partial charge in [-0.3, -0.25) is 0 Å². The first kappa shape index (κ1) is 18.8. The van der Waals surface area contributed by atoms with Gasteiger partial charge in [0.25, 0.3) is 0 Å². The lowest BCUT2D eigenvalue weighted by Crippen LogP contribution is -2.60. The fraction of sp³-hybridized carbons (Fsp3) is 1.00. The zero-order chi connectivity index (χ0) is 15.7. The van der Waals surface area contributed by atoms with Gasteiger partial charge in [-0.15, -0.1) is 0 Å². The summed E-state index contributed by atoms with van der Waals surface area (Å²) < 4.78 is 10.4. The molecule has 0 saturated carbocycles. The lowest BCUT2D eigenvalue weighted by molar-refractivity contribution is -0.288. The summed E-state index contributed by atoms with van der Waals surface area (Å²) in [7, 11) is 1.40. The number of rotatable bonds is 10. The van der Waals surface area contributed by atoms with E-state index in [2.05, 4.69) is 12.2 Å². The number of unbranched alkanes of at least 4 members (excludes halogenated alkanes) is 5. The highest BCUT2D eigenvalue weighted by molar-refractivity contribution is 4.89. The van der Waals surface area contributed by atoms with Gasteiger partial charge in [0.05, 0.1) is 0 Å². The first-order chi connectivity index (χ1) is 10.1. The maximum absolute atomic E-state index is 9.89. The molecule has 21 heavy (non-hydrogen) atoms. The van der Waals surface area contributed by atoms with E-state index in [1.165, 1.54) is 39.2 Å². The zero-order valence-electron chi connectivity index (χ0n) is 13.2. The monoisotopic (exact) mass is 305 g/mol. The van der Waals surface area contributed by atoms with Gasteiger partial charge >= 0.3 is 0 Å². The van der Waals surface area contributed by atoms with Gasteiger partial charge in [0.15, 0.2) is 6.29 Å². The number of nitrogens with one attached hydrogen (secondary N) is 1. The van der Waals surface area contributed by atoms with Crippen LogP contribution in [0.3, 0.4) is 0 Å². The molecule has 1 aliphatic rings. The van der Waals surface area contributed by atoms with Crippen LogP contribution < -0.4 is 5.32 Å². The summed E-state index contributed by atoms with van der Waals surface area (Å²) in [4.78, 5) is 0. The number of ether oxygens (including phenoxy) is 2. The molecule has 0 aliphatic carbocycles. The van der Waals surface area contributed by atoms with Gasteiger partial charge in [0, 0.05) is 13.7 Å². The molecule has 0 spiro atoms. The molecule has 0 bridgehead atoms. The summed E-state index contributed by atoms with van der Waals surface area (Å²) in [6, 6.07) is 0. The highest BCUT2D eigenvalue weighted by atomic mass is 16.7. The summed E-state index contributed by atoms with van der Waals surface area (Å²) in [5, 5.41) is 32.5. The third-order valence-electron chi connectivity index (χ3n) is 3.95. The minimum absolute atomic E-state index is 0.430. The minimum Gasteiger partial charge on any atom is -0.388 e. The smallest absolute Gasteiger partial charge is 0.186 e. The van der Waals surface area contributed by atoms with Gasteiger partial charge in [-0.1, -0.05) is 39.0 Å². The predicted octanol–water partition coefficient (Wildman–Crippen LogP) is 0.391. The van der Waals surface area contributed by atoms with E-state index in [0.717, 1.165) is 13.0 Å². The third-order valence-corrected chi connectivity index (χ3v) is 3.95. The first-order valence-corrected chi connectivity index (χ1v) is 8.05. The van der Waals surface area contributed by atoms with Crippen molar-refractivity contribution in [1.29, 1.82) is 0 Å². The van der Waals surface area contributed by atoms with Crippen molar-refractivity contribution in [3.8, 4) is 0 Å². The normalized spacial score (nSPS) is 33.3. The van der Waals surface area contributed by atoms with Gasteiger partial charge in [-0.25, -0.2) is 0 Å². The summed E-state index contributed by atoms with van der Waals surface area (Å²) >= 11 is 0. The van der Waals surface area contributed by atoms with Crippen LogP contribution in [0.25, 0.3) is 0 Å². The molecule has 0 aromatic rings. The van der Waals surface area contributed by atoms with Crippen molar-refractivity contribution in [3.05, 3.63) is 0 Å². The van der Waals surface area contributed by atoms with Crippen molar-refractivity contribution < 1.29 is 24.8 Å². The molecule has 1 heterocycles. The molecule has 1 fully saturated rings. The van der Waals surface area contributed by atoms with E-state index in [1.807, 2.05) is 0 Å². The Bertz CT molecular complexity index is 264. The third kappa shape index (κ3) is 6.18. The number of hydrogen-bond donors (Lipinski definition) is 4. The molecule has 1 saturated heterocycles. The second-order valence-corrected chi connectivity index (χ2v) is 5.72. The highest BCUT2D eigenvalue weighted by Crippen LogP contribution is 2.21. The van der Waals surface area contributed by atoms with Crippen molar-refractivity contribution in [3.63, 3.8) is 0 Å². The second kappa shape index (κ2) is 10.5. The number of aliphatic hydroxyl groups is 3. The second-order valence-electron chi connectivity index (χ2n) is 5.72. The molecule has 5 atom stereocenters. The van der Waals surface area contributed by atoms with Crippen LogP contribution in [0.1, 0.15) is 45.4 Å². The molecule has 1 rings (SSSR count). The fourth-order valence-corrected chi connectivity index (χ4v) is 2.55. The van der Waals surface area contributed by atoms with Crippen LogP contribution in [0.2, 0.25) is 0 Å². The van der Waals surface area contributed by atoms with Gasteiger partial charge in [-0.2, -0.15) is 0 Å². The van der Waals surface area contributed by atoms with Crippen LogP contribution >= 0.6 is 0 Å². The molecular formula is C15H31NO5. The SMILES string of the molecule is CCCCCCCCNC[C@H]1O[C@H](OC)[C@H](O)[C@@H](O)[C@@H]1O. The van der Waals surface area contributed by atoms with Crippen LogP contribution in [-0.2, 0) is 9.47 Å². The van der Waals surface area contributed by atoms with Gasteiger partial charge in [-0.05, 0) is 13.0 Å². The van der Waals surface area contributed by atoms with E-state index in [4.69, 9.17) is 9.47 Å². The van der Waals surface area contributed by atoms with Crippen molar-refractivity contribution in [2.24, 2.45) is 0 Å². The minimum atomic E-state index is -1.25. The van der Waals surface area contributed by atoms with Gasteiger partial charge in [0.2, 0.25) is 0 Å². The predicted molar refractivity (Wildman–Crippen MR) is 79.9 cm³/mol. The Hall–Kier alpha value is -0.240. The average Bonchev–Trinajstić information content (AvgIpc) is 2.49. The van der Waals surface area contributed by atoms with Crippen LogP contribution in [0.15, 0.2) is 0 Å². The summed E-state index contributed by atoms with van der Waals surface area (Å²) in [6.45, 7) is 3.49. The van der Waals surface area contributed by atoms with Crippen LogP contribution in [-0.4, -0.2) is 66.2 Å². The van der Waals surface area contributed by atoms with Gasteiger partial charge in [0.1, 0.15) is 24.4 Å². The highest BCUT2D eigenvalue weighted by Gasteiger charge is 2.43. The number of aliphatic hydroxyl groups excluding tert-OH is 3. The van der Waals surface area contributed by atoms with E-state index in [-0.39, 0.29) is 0 Å². The molecule has 1 aliphatic heterocycles. The van der Waals surface area contributed by atoms with E-state index in [0.29, 0.717) is 6.54 Å². The average molecular weight is 305 g/mol. The van der Waals surface area contributed by atoms with Crippen molar-refractivity contribution >= 4 is 0 Å². The van der Waals surface area contributed by atoms with E-state index in [9.17, 15) is 15.3 Å². The number of hydrogen-bond acceptors (Lipinski definition) is 6. The summed E-state index contributed by atoms with van der Waals surface area (Å²) in [5.74, 6) is 0. The molecule has 6 nitrogen and oxygen atoms in total. The molecule has 4 N–H and O–H groups in total. The summed E-state index contributed by atoms with van der Waals surface area (Å²) in [5.41, 5.74) is 0. The Balaban J connectivity index is 2.16. The fourth-order valence-electron chi connectivity index (χ4n) is 2.55. The van der Waals surface area contributed by atoms with E-state index >= 15 is 0 Å². The summed E-state index contributed by atoms with van der Waals surface area (Å²) in [6.07, 6.45) is 2.34. The van der Waals surface area contributed by atoms with Crippen LogP contribution in [0.5, 0.6) is 0 Å². The van der Waals surface area contributed by atoms with E-state index < -0.39 is 30.7 Å². The van der Waals surface area contributed by atoms with Crippen molar-refractivity contribution in [2.75, 3.05) is 20.2 Å². The molecule has 126 valence electrons. The molecule has 6 heteroatoms. The maximum atomic E-state index is 9.89. The Morgan fingerprint density at radius 2 is 1.62 bits per heavy atom. The maximum Gasteiger partial charge on any atom is 0.186 e. The zero-order valence-corrected chi connectivity index (χ0v) is 13.2. The quantitative estimate of drug-likeness (QED) is 0.437. The topological polar surface area (TPSA) is 91.2 Å². The molecule has 0 aromatic heterocycles. The number of methoxy groups -OCH3 is 1. The standard InChI is InChI=1S/C15H31NO5/c1-3-4-5-6-7-8-9-16-10-11-12(17)13(18)14(19)15(20-2)21-11/h11-19H,3-10H2,1-2H3/t11-,12-,13+,14-,15+/m1/s1. The Morgan fingerprint density at radius 1 is 0.952 bits per heavy atom. The molecule has 0 unspecified atom stereocenters. The largest absolute Gasteiger partial charge is 0.388 e. The van der Waals surface area contributed by atoms with Crippen molar-refractivity contribution in [1.82, 2.24) is 5.32 Å².